The van der Waals surface area contributed by atoms with Gasteiger partial charge in [-0.2, -0.15) is 0 Å². The molecule has 1 aliphatic carbocycles. The van der Waals surface area contributed by atoms with Crippen molar-refractivity contribution in [3.63, 3.8) is 0 Å². The van der Waals surface area contributed by atoms with Crippen LogP contribution in [0.4, 0.5) is 21.5 Å². The third-order valence-corrected chi connectivity index (χ3v) is 8.00. The van der Waals surface area contributed by atoms with Gasteiger partial charge < -0.3 is 25.8 Å². The van der Waals surface area contributed by atoms with Crippen molar-refractivity contribution in [3.05, 3.63) is 46.3 Å². The highest BCUT2D eigenvalue weighted by Gasteiger charge is 2.31. The van der Waals surface area contributed by atoms with Crippen molar-refractivity contribution >= 4 is 34.0 Å². The average molecular weight is 524 g/mol. The van der Waals surface area contributed by atoms with E-state index in [0.29, 0.717) is 29.7 Å². The molecule has 0 radical (unpaired) electrons. The second-order valence-corrected chi connectivity index (χ2v) is 10.4. The number of nitro groups is 1. The Bertz CT molecular complexity index is 1370. The number of hydrogen-bond acceptors (Lipinski definition) is 7. The van der Waals surface area contributed by atoms with E-state index in [1.54, 1.807) is 24.5 Å². The minimum Gasteiger partial charge on any atom is -0.392 e. The predicted molar refractivity (Wildman–Crippen MR) is 146 cm³/mol. The van der Waals surface area contributed by atoms with E-state index < -0.39 is 17.0 Å². The van der Waals surface area contributed by atoms with Crippen LogP contribution in [0.25, 0.3) is 22.2 Å². The molecule has 1 aliphatic heterocycles. The molecule has 2 atom stereocenters. The summed E-state index contributed by atoms with van der Waals surface area (Å²) in [6, 6.07) is 6.68. The van der Waals surface area contributed by atoms with Crippen LogP contribution in [0.15, 0.2) is 30.6 Å². The Labute approximate surface area is 220 Å². The number of nitrogens with zero attached hydrogens (tertiary/aromatic N) is 5. The summed E-state index contributed by atoms with van der Waals surface area (Å²) in [4.78, 5) is 32.7. The fourth-order valence-corrected chi connectivity index (χ4v) is 5.92. The number of rotatable bonds is 8. The number of amides is 1. The van der Waals surface area contributed by atoms with Crippen molar-refractivity contribution in [2.24, 2.45) is 5.73 Å². The molecule has 202 valence electrons. The molecule has 4 N–H and O–H groups in total. The number of halogens is 1. The van der Waals surface area contributed by atoms with Gasteiger partial charge in [0.15, 0.2) is 0 Å². The molecule has 11 heteroatoms. The number of nitrogen functional groups attached to an aromatic ring is 1. The minimum atomic E-state index is -0.929. The maximum Gasteiger partial charge on any atom is 0.300 e. The van der Waals surface area contributed by atoms with E-state index in [9.17, 15) is 19.3 Å². The molecule has 2 aromatic carbocycles. The first-order valence-corrected chi connectivity index (χ1v) is 13.2. The number of likely N-dealkylation sites (tertiary alicyclic amines) is 1. The van der Waals surface area contributed by atoms with Crippen LogP contribution >= 0.6 is 0 Å². The Morgan fingerprint density at radius 3 is 2.63 bits per heavy atom. The number of carbonyl (C=O) groups excluding carboxylic acids is 1. The van der Waals surface area contributed by atoms with Gasteiger partial charge in [0.1, 0.15) is 11.9 Å². The van der Waals surface area contributed by atoms with E-state index >= 15 is 0 Å². The number of fused-ring (bicyclic) bond motifs is 1. The van der Waals surface area contributed by atoms with Gasteiger partial charge in [-0.3, -0.25) is 14.9 Å². The van der Waals surface area contributed by atoms with Gasteiger partial charge in [0, 0.05) is 20.1 Å². The molecule has 1 aromatic heterocycles. The molecule has 10 nitrogen and oxygen atoms in total. The summed E-state index contributed by atoms with van der Waals surface area (Å²) in [6.07, 6.45) is 6.18. The van der Waals surface area contributed by atoms with E-state index in [1.165, 1.54) is 0 Å². The quantitative estimate of drug-likeness (QED) is 0.255. The molecule has 2 aliphatic rings. The lowest BCUT2D eigenvalue weighted by atomic mass is 9.93. The number of hydrogen-bond donors (Lipinski definition) is 2. The zero-order valence-corrected chi connectivity index (χ0v) is 21.6. The zero-order valence-electron chi connectivity index (χ0n) is 21.6. The molecular weight excluding hydrogens is 489 g/mol. The number of benzene rings is 2. The standard InChI is InChI=1S/C27H34FN7O3/c1-32(12-13-33-10-4-5-11-33)23-15-18(26(35(37)38)25(29)24(23)27(30)36)17-8-9-22-20(14-17)31-16-34(22)21-7-3-2-6-19(21)28/h8-9,14-16,19,21H,2-7,10-13,29H2,1H3,(H2,30,36)/t19-,21-/m1/s1. The number of imidazole rings is 1. The number of anilines is 2. The topological polar surface area (TPSA) is 137 Å². The fourth-order valence-electron chi connectivity index (χ4n) is 5.92. The lowest BCUT2D eigenvalue weighted by Gasteiger charge is -2.27. The van der Waals surface area contributed by atoms with E-state index in [4.69, 9.17) is 11.5 Å². The molecular formula is C27H34FN7O3. The highest BCUT2D eigenvalue weighted by molar-refractivity contribution is 6.08. The van der Waals surface area contributed by atoms with E-state index in [1.807, 2.05) is 22.6 Å². The van der Waals surface area contributed by atoms with Gasteiger partial charge in [0.25, 0.3) is 5.91 Å². The molecule has 1 saturated carbocycles. The van der Waals surface area contributed by atoms with Crippen LogP contribution < -0.4 is 16.4 Å². The van der Waals surface area contributed by atoms with Crippen molar-refractivity contribution in [1.29, 1.82) is 0 Å². The van der Waals surface area contributed by atoms with Gasteiger partial charge >= 0.3 is 5.69 Å². The Kier molecular flexibility index (Phi) is 7.20. The molecule has 0 unspecified atom stereocenters. The van der Waals surface area contributed by atoms with E-state index in [2.05, 4.69) is 9.88 Å². The number of primary amides is 1. The molecule has 2 fully saturated rings. The molecule has 1 amide bonds. The molecule has 0 spiro atoms. The van der Waals surface area contributed by atoms with Crippen LogP contribution in [0.3, 0.4) is 0 Å². The van der Waals surface area contributed by atoms with E-state index in [-0.39, 0.29) is 28.5 Å². The minimum absolute atomic E-state index is 0.0546. The monoisotopic (exact) mass is 523 g/mol. The van der Waals surface area contributed by atoms with Crippen LogP contribution in [0.1, 0.15) is 54.9 Å². The number of aromatic nitrogens is 2. The van der Waals surface area contributed by atoms with Crippen LogP contribution in [0, 0.1) is 10.1 Å². The first-order valence-electron chi connectivity index (χ1n) is 13.2. The van der Waals surface area contributed by atoms with Gasteiger partial charge in [0.2, 0.25) is 0 Å². The van der Waals surface area contributed by atoms with Crippen LogP contribution in [-0.2, 0) is 0 Å². The van der Waals surface area contributed by atoms with Crippen molar-refractivity contribution in [3.8, 4) is 11.1 Å². The van der Waals surface area contributed by atoms with Gasteiger partial charge in [-0.25, -0.2) is 9.37 Å². The van der Waals surface area contributed by atoms with Crippen LogP contribution in [0.2, 0.25) is 0 Å². The maximum atomic E-state index is 14.7. The van der Waals surface area contributed by atoms with Gasteiger partial charge in [-0.15, -0.1) is 0 Å². The summed E-state index contributed by atoms with van der Waals surface area (Å²) in [5.41, 5.74) is 13.9. The third kappa shape index (κ3) is 4.78. The van der Waals surface area contributed by atoms with Crippen molar-refractivity contribution < 1.29 is 14.1 Å². The molecule has 38 heavy (non-hydrogen) atoms. The number of alkyl halides is 1. The van der Waals surface area contributed by atoms with Gasteiger partial charge in [-0.05, 0) is 62.5 Å². The average Bonchev–Trinajstić information content (AvgIpc) is 3.56. The summed E-state index contributed by atoms with van der Waals surface area (Å²) in [6.45, 7) is 3.45. The summed E-state index contributed by atoms with van der Waals surface area (Å²) in [5, 5.41) is 12.2. The lowest BCUT2D eigenvalue weighted by Crippen LogP contribution is -2.33. The Balaban J connectivity index is 1.57. The number of carbonyl (C=O) groups is 1. The second-order valence-electron chi connectivity index (χ2n) is 10.4. The highest BCUT2D eigenvalue weighted by Crippen LogP contribution is 2.43. The summed E-state index contributed by atoms with van der Waals surface area (Å²) in [7, 11) is 1.83. The summed E-state index contributed by atoms with van der Waals surface area (Å²) < 4.78 is 16.5. The Morgan fingerprint density at radius 1 is 1.21 bits per heavy atom. The fraction of sp³-hybridized carbons (Fsp3) is 0.481. The molecule has 0 bridgehead atoms. The normalized spacial score (nSPS) is 20.2. The van der Waals surface area contributed by atoms with Crippen LogP contribution in [0.5, 0.6) is 0 Å². The van der Waals surface area contributed by atoms with Gasteiger partial charge in [0.05, 0.1) is 45.1 Å². The molecule has 2 heterocycles. The smallest absolute Gasteiger partial charge is 0.300 e. The van der Waals surface area contributed by atoms with Crippen molar-refractivity contribution in [2.45, 2.75) is 50.7 Å². The summed E-state index contributed by atoms with van der Waals surface area (Å²) >= 11 is 0. The van der Waals surface area contributed by atoms with Crippen molar-refractivity contribution in [1.82, 2.24) is 14.5 Å². The second kappa shape index (κ2) is 10.6. The first-order chi connectivity index (χ1) is 18.3. The van der Waals surface area contributed by atoms with Crippen molar-refractivity contribution in [2.75, 3.05) is 43.9 Å². The van der Waals surface area contributed by atoms with E-state index in [0.717, 1.165) is 57.3 Å². The zero-order chi connectivity index (χ0) is 27.0. The largest absolute Gasteiger partial charge is 0.392 e. The lowest BCUT2D eigenvalue weighted by molar-refractivity contribution is -0.383. The third-order valence-electron chi connectivity index (χ3n) is 8.00. The Hall–Kier alpha value is -3.73. The highest BCUT2D eigenvalue weighted by atomic mass is 19.1. The predicted octanol–water partition coefficient (Wildman–Crippen LogP) is 4.28. The number of nitro benzene ring substituents is 1. The molecule has 3 aromatic rings. The molecule has 1 saturated heterocycles. The number of likely N-dealkylation sites (N-methyl/N-ethyl adjacent to an activating group) is 1. The summed E-state index contributed by atoms with van der Waals surface area (Å²) in [5.74, 6) is -0.817. The maximum absolute atomic E-state index is 14.7. The number of nitrogens with two attached hydrogens (primary N) is 2. The molecule has 5 rings (SSSR count). The van der Waals surface area contributed by atoms with Crippen LogP contribution in [-0.4, -0.2) is 64.7 Å². The first kappa shape index (κ1) is 25.9. The SMILES string of the molecule is CN(CCN1CCCC1)c1cc(-c2ccc3c(c2)ncn3[C@@H]2CCCC[C@H]2F)c([N+](=O)[O-])c(N)c1C(N)=O. The van der Waals surface area contributed by atoms with Gasteiger partial charge in [-0.1, -0.05) is 18.9 Å². The Morgan fingerprint density at radius 2 is 1.95 bits per heavy atom.